The summed E-state index contributed by atoms with van der Waals surface area (Å²) in [6.45, 7) is 7.67. The van der Waals surface area contributed by atoms with Crippen LogP contribution in [0.15, 0.2) is 18.2 Å². The average molecular weight is 295 g/mol. The van der Waals surface area contributed by atoms with Crippen molar-refractivity contribution in [2.24, 2.45) is 0 Å². The van der Waals surface area contributed by atoms with E-state index in [1.807, 2.05) is 0 Å². The van der Waals surface area contributed by atoms with Crippen molar-refractivity contribution < 1.29 is 9.50 Å². The van der Waals surface area contributed by atoms with E-state index in [1.165, 1.54) is 12.1 Å². The first kappa shape index (κ1) is 16.2. The maximum absolute atomic E-state index is 13.4. The van der Waals surface area contributed by atoms with Gasteiger partial charge in [-0.25, -0.2) is 4.39 Å². The number of rotatable bonds is 5. The van der Waals surface area contributed by atoms with Gasteiger partial charge in [-0.1, -0.05) is 0 Å². The second-order valence-corrected chi connectivity index (χ2v) is 6.01. The SMILES string of the molecule is C[C@H](O)c1cc(F)ccc1N1CCN(CCN(C)C)CC1. The Labute approximate surface area is 126 Å². The maximum Gasteiger partial charge on any atom is 0.123 e. The summed E-state index contributed by atoms with van der Waals surface area (Å²) in [6, 6.07) is 4.70. The first-order valence-electron chi connectivity index (χ1n) is 7.57. The first-order valence-corrected chi connectivity index (χ1v) is 7.57. The Bertz CT molecular complexity index is 457. The van der Waals surface area contributed by atoms with E-state index < -0.39 is 6.10 Å². The molecule has 0 saturated carbocycles. The van der Waals surface area contributed by atoms with Crippen LogP contribution in [0.5, 0.6) is 0 Å². The molecule has 0 spiro atoms. The number of benzene rings is 1. The molecule has 1 aliphatic heterocycles. The lowest BCUT2D eigenvalue weighted by Crippen LogP contribution is -2.48. The highest BCUT2D eigenvalue weighted by atomic mass is 19.1. The van der Waals surface area contributed by atoms with E-state index in [4.69, 9.17) is 0 Å². The molecule has 1 aliphatic rings. The minimum Gasteiger partial charge on any atom is -0.389 e. The molecule has 4 nitrogen and oxygen atoms in total. The average Bonchev–Trinajstić information content (AvgIpc) is 2.45. The number of anilines is 1. The second-order valence-electron chi connectivity index (χ2n) is 6.01. The van der Waals surface area contributed by atoms with Gasteiger partial charge in [0.25, 0.3) is 0 Å². The van der Waals surface area contributed by atoms with Crippen LogP contribution in [0.2, 0.25) is 0 Å². The van der Waals surface area contributed by atoms with Crippen LogP contribution < -0.4 is 4.90 Å². The van der Waals surface area contributed by atoms with Crippen molar-refractivity contribution >= 4 is 5.69 Å². The maximum atomic E-state index is 13.4. The molecule has 0 radical (unpaired) electrons. The van der Waals surface area contributed by atoms with Gasteiger partial charge in [0.1, 0.15) is 5.82 Å². The lowest BCUT2D eigenvalue weighted by atomic mass is 10.1. The number of aliphatic hydroxyl groups is 1. The van der Waals surface area contributed by atoms with Gasteiger partial charge >= 0.3 is 0 Å². The summed E-state index contributed by atoms with van der Waals surface area (Å²) in [4.78, 5) is 6.88. The Hall–Kier alpha value is -1.17. The zero-order valence-corrected chi connectivity index (χ0v) is 13.2. The number of nitrogens with zero attached hydrogens (tertiary/aromatic N) is 3. The van der Waals surface area contributed by atoms with Crippen molar-refractivity contribution in [3.05, 3.63) is 29.6 Å². The minimum absolute atomic E-state index is 0.292. The van der Waals surface area contributed by atoms with Crippen molar-refractivity contribution in [1.29, 1.82) is 0 Å². The van der Waals surface area contributed by atoms with Gasteiger partial charge in [-0.15, -0.1) is 0 Å². The minimum atomic E-state index is -0.650. The van der Waals surface area contributed by atoms with Crippen molar-refractivity contribution in [1.82, 2.24) is 9.80 Å². The monoisotopic (exact) mass is 295 g/mol. The van der Waals surface area contributed by atoms with Crippen LogP contribution in [0.25, 0.3) is 0 Å². The predicted octanol–water partition coefficient (Wildman–Crippen LogP) is 1.56. The van der Waals surface area contributed by atoms with Crippen LogP contribution in [0.1, 0.15) is 18.6 Å². The summed E-state index contributed by atoms with van der Waals surface area (Å²) < 4.78 is 13.4. The lowest BCUT2D eigenvalue weighted by Gasteiger charge is -2.37. The van der Waals surface area contributed by atoms with E-state index in [9.17, 15) is 9.50 Å². The van der Waals surface area contributed by atoms with Crippen LogP contribution in [0, 0.1) is 5.82 Å². The molecule has 0 bridgehead atoms. The van der Waals surface area contributed by atoms with Gasteiger partial charge in [-0.2, -0.15) is 0 Å². The van der Waals surface area contributed by atoms with E-state index in [0.717, 1.165) is 45.0 Å². The van der Waals surface area contributed by atoms with Gasteiger partial charge in [0.05, 0.1) is 6.10 Å². The molecule has 2 rings (SSSR count). The molecule has 1 heterocycles. The molecule has 118 valence electrons. The van der Waals surface area contributed by atoms with Crippen LogP contribution in [-0.2, 0) is 0 Å². The van der Waals surface area contributed by atoms with E-state index >= 15 is 0 Å². The normalized spacial score (nSPS) is 18.3. The van der Waals surface area contributed by atoms with Crippen LogP contribution in [0.3, 0.4) is 0 Å². The molecule has 0 aliphatic carbocycles. The third-order valence-corrected chi connectivity index (χ3v) is 4.02. The Kier molecular flexibility index (Phi) is 5.56. The van der Waals surface area contributed by atoms with Gasteiger partial charge in [0, 0.05) is 50.5 Å². The van der Waals surface area contributed by atoms with E-state index in [2.05, 4.69) is 28.8 Å². The number of hydrogen-bond donors (Lipinski definition) is 1. The zero-order valence-electron chi connectivity index (χ0n) is 13.2. The molecule has 0 unspecified atom stereocenters. The molecular formula is C16H26FN3O. The number of hydrogen-bond acceptors (Lipinski definition) is 4. The predicted molar refractivity (Wildman–Crippen MR) is 84.2 cm³/mol. The molecule has 1 fully saturated rings. The second kappa shape index (κ2) is 7.20. The lowest BCUT2D eigenvalue weighted by molar-refractivity contribution is 0.198. The molecule has 1 atom stereocenters. The van der Waals surface area contributed by atoms with Gasteiger partial charge in [0.2, 0.25) is 0 Å². The number of piperazine rings is 1. The Morgan fingerprint density at radius 2 is 1.90 bits per heavy atom. The van der Waals surface area contributed by atoms with Crippen LogP contribution >= 0.6 is 0 Å². The Morgan fingerprint density at radius 3 is 2.48 bits per heavy atom. The fourth-order valence-electron chi connectivity index (χ4n) is 2.70. The summed E-state index contributed by atoms with van der Waals surface area (Å²) in [7, 11) is 4.17. The smallest absolute Gasteiger partial charge is 0.123 e. The standard InChI is InChI=1S/C16H26FN3O/c1-13(21)15-12-14(17)4-5-16(15)20-10-8-19(9-11-20)7-6-18(2)3/h4-5,12-13,21H,6-11H2,1-3H3/t13-/m0/s1. The summed E-state index contributed by atoms with van der Waals surface area (Å²) in [5, 5.41) is 9.85. The molecule has 5 heteroatoms. The van der Waals surface area contributed by atoms with Crippen molar-refractivity contribution in [3.63, 3.8) is 0 Å². The number of aliphatic hydroxyl groups excluding tert-OH is 1. The third kappa shape index (κ3) is 4.40. The molecule has 0 amide bonds. The summed E-state index contributed by atoms with van der Waals surface area (Å²) >= 11 is 0. The van der Waals surface area contributed by atoms with Gasteiger partial charge in [-0.3, -0.25) is 4.90 Å². The molecule has 1 N–H and O–H groups in total. The topological polar surface area (TPSA) is 30.0 Å². The van der Waals surface area contributed by atoms with Gasteiger partial charge in [-0.05, 0) is 39.2 Å². The Morgan fingerprint density at radius 1 is 1.24 bits per heavy atom. The third-order valence-electron chi connectivity index (χ3n) is 4.02. The van der Waals surface area contributed by atoms with Gasteiger partial charge < -0.3 is 14.9 Å². The van der Waals surface area contributed by atoms with Crippen molar-refractivity contribution in [2.75, 3.05) is 58.3 Å². The Balaban J connectivity index is 1.99. The summed E-state index contributed by atoms with van der Waals surface area (Å²) in [6.07, 6.45) is -0.650. The highest BCUT2D eigenvalue weighted by molar-refractivity contribution is 5.55. The molecule has 1 aromatic carbocycles. The van der Waals surface area contributed by atoms with Crippen LogP contribution in [0.4, 0.5) is 10.1 Å². The molecule has 21 heavy (non-hydrogen) atoms. The summed E-state index contributed by atoms with van der Waals surface area (Å²) in [5.41, 5.74) is 1.63. The van der Waals surface area contributed by atoms with Crippen molar-refractivity contribution in [2.45, 2.75) is 13.0 Å². The molecule has 1 aromatic rings. The van der Waals surface area contributed by atoms with E-state index in [-0.39, 0.29) is 5.82 Å². The largest absolute Gasteiger partial charge is 0.389 e. The fourth-order valence-corrected chi connectivity index (χ4v) is 2.70. The van der Waals surface area contributed by atoms with Crippen LogP contribution in [-0.4, -0.2) is 68.3 Å². The van der Waals surface area contributed by atoms with E-state index in [1.54, 1.807) is 13.0 Å². The highest BCUT2D eigenvalue weighted by Crippen LogP contribution is 2.28. The molecule has 1 saturated heterocycles. The summed E-state index contributed by atoms with van der Waals surface area (Å²) in [5.74, 6) is -0.292. The molecular weight excluding hydrogens is 269 g/mol. The zero-order chi connectivity index (χ0) is 15.4. The van der Waals surface area contributed by atoms with Crippen molar-refractivity contribution in [3.8, 4) is 0 Å². The first-order chi connectivity index (χ1) is 9.97. The number of likely N-dealkylation sites (N-methyl/N-ethyl adjacent to an activating group) is 1. The van der Waals surface area contributed by atoms with Gasteiger partial charge in [0.15, 0.2) is 0 Å². The fraction of sp³-hybridized carbons (Fsp3) is 0.625. The highest BCUT2D eigenvalue weighted by Gasteiger charge is 2.20. The molecule has 0 aromatic heterocycles. The van der Waals surface area contributed by atoms with E-state index in [0.29, 0.717) is 5.56 Å². The number of halogens is 1. The quantitative estimate of drug-likeness (QED) is 0.893.